The molecular weight excluding hydrogens is 386 g/mol. The number of benzene rings is 1. The van der Waals surface area contributed by atoms with E-state index < -0.39 is 29.6 Å². The first-order valence-corrected chi connectivity index (χ1v) is 9.72. The van der Waals surface area contributed by atoms with Gasteiger partial charge in [-0.1, -0.05) is 18.1 Å². The van der Waals surface area contributed by atoms with Crippen molar-refractivity contribution >= 4 is 17.9 Å². The van der Waals surface area contributed by atoms with E-state index in [0.717, 1.165) is 0 Å². The molecule has 8 nitrogen and oxygen atoms in total. The van der Waals surface area contributed by atoms with E-state index in [1.807, 2.05) is 0 Å². The number of nitrogens with one attached hydrogen (secondary N) is 2. The molecule has 0 aliphatic rings. The normalized spacial score (nSPS) is 11.9. The maximum absolute atomic E-state index is 12.9. The van der Waals surface area contributed by atoms with E-state index in [0.29, 0.717) is 11.1 Å². The molecule has 1 rings (SSSR count). The Bertz CT molecular complexity index is 775. The highest BCUT2D eigenvalue weighted by Gasteiger charge is 2.31. The van der Waals surface area contributed by atoms with Gasteiger partial charge in [0.2, 0.25) is 11.8 Å². The fourth-order valence-electron chi connectivity index (χ4n) is 2.67. The lowest BCUT2D eigenvalue weighted by molar-refractivity contribution is -0.141. The second kappa shape index (κ2) is 11.2. The van der Waals surface area contributed by atoms with Gasteiger partial charge in [0.05, 0.1) is 6.61 Å². The molecule has 1 unspecified atom stereocenters. The molecule has 0 fully saturated rings. The number of carbonyl (C=O) groups excluding carboxylic acids is 3. The van der Waals surface area contributed by atoms with Crippen LogP contribution in [0.4, 0.5) is 4.79 Å². The van der Waals surface area contributed by atoms with E-state index in [9.17, 15) is 19.5 Å². The van der Waals surface area contributed by atoms with E-state index >= 15 is 0 Å². The summed E-state index contributed by atoms with van der Waals surface area (Å²) in [5, 5.41) is 14.7. The van der Waals surface area contributed by atoms with Crippen LogP contribution in [0, 0.1) is 12.3 Å². The Morgan fingerprint density at radius 2 is 1.80 bits per heavy atom. The Balaban J connectivity index is 3.13. The number of rotatable bonds is 8. The minimum absolute atomic E-state index is 0.0953. The quantitative estimate of drug-likeness (QED) is 0.557. The molecule has 1 aromatic carbocycles. The van der Waals surface area contributed by atoms with Gasteiger partial charge in [-0.2, -0.15) is 0 Å². The minimum Gasteiger partial charge on any atom is -0.444 e. The standard InChI is InChI=1S/C22H31N3O5/c1-7-16-8-10-17(11-9-16)19(20(28)24-15(2)3)25(12-13-26)18(27)14-23-21(29)30-22(4,5)6/h1,8-11,15,19,26H,12-14H2,2-6H3,(H,23,29)(H,24,28). The van der Waals surface area contributed by atoms with Crippen LogP contribution in [0.1, 0.15) is 51.8 Å². The molecule has 1 aromatic rings. The molecular formula is C22H31N3O5. The maximum Gasteiger partial charge on any atom is 0.408 e. The molecule has 0 bridgehead atoms. The molecule has 3 amide bonds. The van der Waals surface area contributed by atoms with Crippen molar-refractivity contribution in [2.75, 3.05) is 19.7 Å². The lowest BCUT2D eigenvalue weighted by atomic mass is 10.0. The second-order valence-corrected chi connectivity index (χ2v) is 8.00. The molecule has 0 aliphatic heterocycles. The molecule has 0 spiro atoms. The molecule has 0 aliphatic carbocycles. The monoisotopic (exact) mass is 417 g/mol. The fourth-order valence-corrected chi connectivity index (χ4v) is 2.67. The van der Waals surface area contributed by atoms with Gasteiger partial charge in [0.25, 0.3) is 0 Å². The van der Waals surface area contributed by atoms with Crippen molar-refractivity contribution in [2.45, 2.75) is 52.3 Å². The largest absolute Gasteiger partial charge is 0.444 e. The zero-order chi connectivity index (χ0) is 22.9. The molecule has 0 aromatic heterocycles. The van der Waals surface area contributed by atoms with E-state index in [1.54, 1.807) is 58.9 Å². The summed E-state index contributed by atoms with van der Waals surface area (Å²) in [5.74, 6) is 1.55. The summed E-state index contributed by atoms with van der Waals surface area (Å²) >= 11 is 0. The molecule has 0 radical (unpaired) electrons. The van der Waals surface area contributed by atoms with Gasteiger partial charge < -0.3 is 25.4 Å². The van der Waals surface area contributed by atoms with Crippen LogP contribution in [0.25, 0.3) is 0 Å². The number of ether oxygens (including phenoxy) is 1. The van der Waals surface area contributed by atoms with Crippen LogP contribution in [0.3, 0.4) is 0 Å². The molecule has 164 valence electrons. The van der Waals surface area contributed by atoms with Gasteiger partial charge in [-0.15, -0.1) is 6.42 Å². The van der Waals surface area contributed by atoms with Crippen molar-refractivity contribution in [2.24, 2.45) is 0 Å². The highest BCUT2D eigenvalue weighted by Crippen LogP contribution is 2.22. The third kappa shape index (κ3) is 8.13. The Morgan fingerprint density at radius 1 is 1.20 bits per heavy atom. The lowest BCUT2D eigenvalue weighted by Crippen LogP contribution is -2.49. The van der Waals surface area contributed by atoms with Crippen molar-refractivity contribution in [1.82, 2.24) is 15.5 Å². The Hall–Kier alpha value is -3.05. The van der Waals surface area contributed by atoms with Crippen molar-refractivity contribution < 1.29 is 24.2 Å². The number of aliphatic hydroxyl groups is 1. The molecule has 3 N–H and O–H groups in total. The van der Waals surface area contributed by atoms with Gasteiger partial charge in [0.1, 0.15) is 18.2 Å². The number of hydrogen-bond donors (Lipinski definition) is 3. The number of terminal acetylenes is 1. The Labute approximate surface area is 178 Å². The number of nitrogens with zero attached hydrogens (tertiary/aromatic N) is 1. The molecule has 0 saturated heterocycles. The van der Waals surface area contributed by atoms with Crippen LogP contribution < -0.4 is 10.6 Å². The SMILES string of the molecule is C#Cc1ccc(C(C(=O)NC(C)C)N(CCO)C(=O)CNC(=O)OC(C)(C)C)cc1. The van der Waals surface area contributed by atoms with Gasteiger partial charge in [0.15, 0.2) is 0 Å². The fraction of sp³-hybridized carbons (Fsp3) is 0.500. The maximum atomic E-state index is 12.9. The average molecular weight is 418 g/mol. The lowest BCUT2D eigenvalue weighted by Gasteiger charge is -2.31. The predicted octanol–water partition coefficient (Wildman–Crippen LogP) is 1.58. The summed E-state index contributed by atoms with van der Waals surface area (Å²) in [6.07, 6.45) is 4.64. The van der Waals surface area contributed by atoms with Gasteiger partial charge in [-0.25, -0.2) is 4.79 Å². The first-order valence-electron chi connectivity index (χ1n) is 9.72. The van der Waals surface area contributed by atoms with E-state index in [2.05, 4.69) is 16.6 Å². The van der Waals surface area contributed by atoms with E-state index in [1.165, 1.54) is 4.90 Å². The molecule has 0 saturated carbocycles. The molecule has 1 atom stereocenters. The van der Waals surface area contributed by atoms with Crippen molar-refractivity contribution in [3.63, 3.8) is 0 Å². The highest BCUT2D eigenvalue weighted by molar-refractivity contribution is 5.90. The smallest absolute Gasteiger partial charge is 0.408 e. The second-order valence-electron chi connectivity index (χ2n) is 8.00. The van der Waals surface area contributed by atoms with Crippen LogP contribution in [0.5, 0.6) is 0 Å². The zero-order valence-corrected chi connectivity index (χ0v) is 18.2. The van der Waals surface area contributed by atoms with Gasteiger partial charge in [-0.3, -0.25) is 9.59 Å². The van der Waals surface area contributed by atoms with E-state index in [-0.39, 0.29) is 25.7 Å². The van der Waals surface area contributed by atoms with Crippen LogP contribution in [-0.2, 0) is 14.3 Å². The number of alkyl carbamates (subject to hydrolysis) is 1. The van der Waals surface area contributed by atoms with Gasteiger partial charge >= 0.3 is 6.09 Å². The average Bonchev–Trinajstić information content (AvgIpc) is 2.64. The van der Waals surface area contributed by atoms with Crippen molar-refractivity contribution in [1.29, 1.82) is 0 Å². The Morgan fingerprint density at radius 3 is 2.27 bits per heavy atom. The molecule has 0 heterocycles. The number of aliphatic hydroxyl groups excluding tert-OH is 1. The Kier molecular flexibility index (Phi) is 9.34. The van der Waals surface area contributed by atoms with Crippen LogP contribution in [-0.4, -0.2) is 59.3 Å². The summed E-state index contributed by atoms with van der Waals surface area (Å²) in [5.41, 5.74) is 0.454. The minimum atomic E-state index is -1.00. The summed E-state index contributed by atoms with van der Waals surface area (Å²) in [6.45, 7) is 7.89. The number of hydrogen-bond acceptors (Lipinski definition) is 5. The summed E-state index contributed by atoms with van der Waals surface area (Å²) < 4.78 is 5.13. The predicted molar refractivity (Wildman–Crippen MR) is 113 cm³/mol. The topological polar surface area (TPSA) is 108 Å². The van der Waals surface area contributed by atoms with Crippen LogP contribution in [0.2, 0.25) is 0 Å². The van der Waals surface area contributed by atoms with Gasteiger partial charge in [0, 0.05) is 18.2 Å². The highest BCUT2D eigenvalue weighted by atomic mass is 16.6. The van der Waals surface area contributed by atoms with Crippen LogP contribution >= 0.6 is 0 Å². The molecule has 8 heteroatoms. The third-order valence-electron chi connectivity index (χ3n) is 3.83. The van der Waals surface area contributed by atoms with Crippen LogP contribution in [0.15, 0.2) is 24.3 Å². The van der Waals surface area contributed by atoms with Crippen molar-refractivity contribution in [3.05, 3.63) is 35.4 Å². The third-order valence-corrected chi connectivity index (χ3v) is 3.83. The van der Waals surface area contributed by atoms with E-state index in [4.69, 9.17) is 11.2 Å². The summed E-state index contributed by atoms with van der Waals surface area (Å²) in [4.78, 5) is 38.9. The van der Waals surface area contributed by atoms with Gasteiger partial charge in [-0.05, 0) is 52.3 Å². The summed E-state index contributed by atoms with van der Waals surface area (Å²) in [7, 11) is 0. The summed E-state index contributed by atoms with van der Waals surface area (Å²) in [6, 6.07) is 5.52. The first-order chi connectivity index (χ1) is 14.0. The van der Waals surface area contributed by atoms with Crippen molar-refractivity contribution in [3.8, 4) is 12.3 Å². The molecule has 30 heavy (non-hydrogen) atoms. The zero-order valence-electron chi connectivity index (χ0n) is 18.2. The number of carbonyl (C=O) groups is 3. The first kappa shape index (κ1) is 25.0. The number of amides is 3.